The first-order valence-electron chi connectivity index (χ1n) is 6.99. The van der Waals surface area contributed by atoms with Crippen molar-refractivity contribution in [3.05, 3.63) is 69.7 Å². The van der Waals surface area contributed by atoms with E-state index < -0.39 is 6.23 Å². The lowest BCUT2D eigenvalue weighted by molar-refractivity contribution is -0.0106. The van der Waals surface area contributed by atoms with E-state index in [4.69, 9.17) is 23.2 Å². The Hall–Kier alpha value is -1.06. The predicted molar refractivity (Wildman–Crippen MR) is 88.4 cm³/mol. The second-order valence-corrected chi connectivity index (χ2v) is 5.92. The third kappa shape index (κ3) is 5.01. The first-order chi connectivity index (χ1) is 10.1. The zero-order chi connectivity index (χ0) is 15.2. The average molecular weight is 324 g/mol. The number of halogens is 2. The third-order valence-electron chi connectivity index (χ3n) is 3.38. The van der Waals surface area contributed by atoms with Crippen LogP contribution < -0.4 is 0 Å². The van der Waals surface area contributed by atoms with E-state index in [1.165, 1.54) is 0 Å². The van der Waals surface area contributed by atoms with Crippen molar-refractivity contribution in [3.8, 4) is 0 Å². The summed E-state index contributed by atoms with van der Waals surface area (Å²) in [6.07, 6.45) is 0.206. The molecule has 21 heavy (non-hydrogen) atoms. The minimum absolute atomic E-state index is 0.476. The molecule has 0 bridgehead atoms. The summed E-state index contributed by atoms with van der Waals surface area (Å²) >= 11 is 11.8. The van der Waals surface area contributed by atoms with Crippen LogP contribution in [0.1, 0.15) is 24.5 Å². The fraction of sp³-hybridized carbons (Fsp3) is 0.294. The smallest absolute Gasteiger partial charge is 0.107 e. The molecule has 1 atom stereocenters. The maximum atomic E-state index is 10.2. The van der Waals surface area contributed by atoms with Crippen LogP contribution in [0.25, 0.3) is 0 Å². The number of hydrogen-bond donors (Lipinski definition) is 1. The van der Waals surface area contributed by atoms with Crippen molar-refractivity contribution in [2.24, 2.45) is 0 Å². The monoisotopic (exact) mass is 323 g/mol. The minimum atomic E-state index is -0.476. The van der Waals surface area contributed by atoms with Gasteiger partial charge in [-0.15, -0.1) is 0 Å². The van der Waals surface area contributed by atoms with Gasteiger partial charge in [0.2, 0.25) is 0 Å². The molecule has 2 rings (SSSR count). The normalized spacial score (nSPS) is 12.6. The number of rotatable bonds is 6. The Morgan fingerprint density at radius 2 is 1.24 bits per heavy atom. The van der Waals surface area contributed by atoms with Gasteiger partial charge in [-0.05, 0) is 41.8 Å². The Morgan fingerprint density at radius 3 is 1.57 bits per heavy atom. The molecule has 0 saturated heterocycles. The highest BCUT2D eigenvalue weighted by Gasteiger charge is 2.14. The van der Waals surface area contributed by atoms with Gasteiger partial charge >= 0.3 is 0 Å². The molecule has 0 fully saturated rings. The maximum absolute atomic E-state index is 10.2. The topological polar surface area (TPSA) is 23.5 Å². The van der Waals surface area contributed by atoms with Crippen LogP contribution in [0.15, 0.2) is 48.5 Å². The molecule has 0 spiro atoms. The Bertz CT molecular complexity index is 507. The molecule has 4 heteroatoms. The van der Waals surface area contributed by atoms with Crippen LogP contribution in [0.5, 0.6) is 0 Å². The molecule has 0 aliphatic heterocycles. The quantitative estimate of drug-likeness (QED) is 0.777. The van der Waals surface area contributed by atoms with Crippen molar-refractivity contribution in [1.29, 1.82) is 0 Å². The van der Waals surface area contributed by atoms with Crippen molar-refractivity contribution >= 4 is 23.2 Å². The molecule has 2 nitrogen and oxygen atoms in total. The number of aliphatic hydroxyl groups excluding tert-OH is 1. The van der Waals surface area contributed by atoms with Gasteiger partial charge in [0, 0.05) is 23.1 Å². The van der Waals surface area contributed by atoms with Crippen LogP contribution in [0.2, 0.25) is 10.0 Å². The molecule has 0 amide bonds. The first kappa shape index (κ1) is 16.3. The molecule has 1 N–H and O–H groups in total. The second kappa shape index (κ2) is 7.81. The van der Waals surface area contributed by atoms with Gasteiger partial charge in [-0.2, -0.15) is 0 Å². The fourth-order valence-electron chi connectivity index (χ4n) is 2.17. The molecule has 0 aliphatic rings. The van der Waals surface area contributed by atoms with Gasteiger partial charge < -0.3 is 5.11 Å². The summed E-state index contributed by atoms with van der Waals surface area (Å²) in [4.78, 5) is 2.03. The van der Waals surface area contributed by atoms with E-state index in [2.05, 4.69) is 0 Å². The van der Waals surface area contributed by atoms with E-state index in [9.17, 15) is 5.11 Å². The van der Waals surface area contributed by atoms with Gasteiger partial charge in [0.15, 0.2) is 0 Å². The second-order valence-electron chi connectivity index (χ2n) is 5.05. The third-order valence-corrected chi connectivity index (χ3v) is 3.89. The van der Waals surface area contributed by atoms with Crippen LogP contribution in [-0.2, 0) is 13.1 Å². The molecular weight excluding hydrogens is 305 g/mol. The van der Waals surface area contributed by atoms with E-state index in [1.54, 1.807) is 0 Å². The number of benzene rings is 2. The van der Waals surface area contributed by atoms with E-state index in [0.29, 0.717) is 19.5 Å². The zero-order valence-electron chi connectivity index (χ0n) is 12.0. The molecule has 0 saturated carbocycles. The Labute approximate surface area is 135 Å². The van der Waals surface area contributed by atoms with Crippen molar-refractivity contribution in [2.45, 2.75) is 32.7 Å². The highest BCUT2D eigenvalue weighted by atomic mass is 35.5. The van der Waals surface area contributed by atoms with E-state index in [1.807, 2.05) is 60.4 Å². The zero-order valence-corrected chi connectivity index (χ0v) is 13.5. The van der Waals surface area contributed by atoms with Gasteiger partial charge in [-0.3, -0.25) is 4.90 Å². The Balaban J connectivity index is 2.10. The van der Waals surface area contributed by atoms with Gasteiger partial charge in [-0.25, -0.2) is 0 Å². The maximum Gasteiger partial charge on any atom is 0.107 e. The summed E-state index contributed by atoms with van der Waals surface area (Å²) in [6, 6.07) is 15.4. The van der Waals surface area contributed by atoms with Crippen molar-refractivity contribution in [2.75, 3.05) is 0 Å². The van der Waals surface area contributed by atoms with Crippen molar-refractivity contribution in [3.63, 3.8) is 0 Å². The van der Waals surface area contributed by atoms with E-state index in [-0.39, 0.29) is 0 Å². The molecular formula is C17H19Cl2NO. The van der Waals surface area contributed by atoms with Gasteiger partial charge in [0.05, 0.1) is 0 Å². The highest BCUT2D eigenvalue weighted by Crippen LogP contribution is 2.17. The van der Waals surface area contributed by atoms with Gasteiger partial charge in [-0.1, -0.05) is 54.4 Å². The van der Waals surface area contributed by atoms with Gasteiger partial charge in [0.25, 0.3) is 0 Å². The first-order valence-corrected chi connectivity index (χ1v) is 7.75. The van der Waals surface area contributed by atoms with E-state index >= 15 is 0 Å². The Morgan fingerprint density at radius 1 is 0.857 bits per heavy atom. The Kier molecular flexibility index (Phi) is 6.07. The lowest BCUT2D eigenvalue weighted by atomic mass is 10.1. The standard InChI is InChI=1S/C17H19Cl2NO/c1-2-17(21)20(11-13-3-7-15(18)8-4-13)12-14-5-9-16(19)10-6-14/h3-10,17,21H,2,11-12H2,1H3. The lowest BCUT2D eigenvalue weighted by Crippen LogP contribution is -2.33. The van der Waals surface area contributed by atoms with E-state index in [0.717, 1.165) is 21.2 Å². The minimum Gasteiger partial charge on any atom is -0.378 e. The number of hydrogen-bond acceptors (Lipinski definition) is 2. The highest BCUT2D eigenvalue weighted by molar-refractivity contribution is 6.30. The summed E-state index contributed by atoms with van der Waals surface area (Å²) < 4.78 is 0. The van der Waals surface area contributed by atoms with Crippen LogP contribution in [0.4, 0.5) is 0 Å². The molecule has 2 aromatic rings. The molecule has 0 aromatic heterocycles. The van der Waals surface area contributed by atoms with Gasteiger partial charge in [0.1, 0.15) is 6.23 Å². The predicted octanol–water partition coefficient (Wildman–Crippen LogP) is 4.72. The summed E-state index contributed by atoms with van der Waals surface area (Å²) in [5, 5.41) is 11.7. The largest absolute Gasteiger partial charge is 0.378 e. The summed E-state index contributed by atoms with van der Waals surface area (Å²) in [5.74, 6) is 0. The van der Waals surface area contributed by atoms with Crippen LogP contribution in [0.3, 0.4) is 0 Å². The van der Waals surface area contributed by atoms with Crippen LogP contribution in [0, 0.1) is 0 Å². The molecule has 112 valence electrons. The SMILES string of the molecule is CCC(O)N(Cc1ccc(Cl)cc1)Cc1ccc(Cl)cc1. The number of nitrogens with zero attached hydrogens (tertiary/aromatic N) is 1. The molecule has 0 radical (unpaired) electrons. The summed E-state index contributed by atoms with van der Waals surface area (Å²) in [5.41, 5.74) is 2.25. The van der Waals surface area contributed by atoms with Crippen molar-refractivity contribution < 1.29 is 5.11 Å². The lowest BCUT2D eigenvalue weighted by Gasteiger charge is -2.27. The average Bonchev–Trinajstić information content (AvgIpc) is 2.50. The van der Waals surface area contributed by atoms with Crippen LogP contribution in [-0.4, -0.2) is 16.2 Å². The summed E-state index contributed by atoms with van der Waals surface area (Å²) in [6.45, 7) is 3.32. The molecule has 2 aromatic carbocycles. The molecule has 0 aliphatic carbocycles. The summed E-state index contributed by atoms with van der Waals surface area (Å²) in [7, 11) is 0. The molecule has 0 heterocycles. The van der Waals surface area contributed by atoms with Crippen LogP contribution >= 0.6 is 23.2 Å². The van der Waals surface area contributed by atoms with Crippen molar-refractivity contribution in [1.82, 2.24) is 4.90 Å². The fourth-order valence-corrected chi connectivity index (χ4v) is 2.43. The number of aliphatic hydroxyl groups is 1. The molecule has 1 unspecified atom stereocenters.